The van der Waals surface area contributed by atoms with Crippen LogP contribution in [-0.4, -0.2) is 11.1 Å². The molecule has 2 fully saturated rings. The van der Waals surface area contributed by atoms with E-state index in [2.05, 4.69) is 32.0 Å². The van der Waals surface area contributed by atoms with Gasteiger partial charge in [0.25, 0.3) is 0 Å². The number of aryl methyl sites for hydroxylation is 2. The van der Waals surface area contributed by atoms with Crippen molar-refractivity contribution >= 4 is 5.97 Å². The Balaban J connectivity index is 1.95. The SMILES string of the molecule is Cc1ccc(C)c(CC2(C(=O)O)CC3CCC2C3)c1. The summed E-state index contributed by atoms with van der Waals surface area (Å²) in [4.78, 5) is 11.9. The topological polar surface area (TPSA) is 37.3 Å². The van der Waals surface area contributed by atoms with Gasteiger partial charge in [-0.05, 0) is 62.5 Å². The predicted molar refractivity (Wildman–Crippen MR) is 75.1 cm³/mol. The van der Waals surface area contributed by atoms with Gasteiger partial charge in [-0.15, -0.1) is 0 Å². The summed E-state index contributed by atoms with van der Waals surface area (Å²) >= 11 is 0. The molecule has 0 amide bonds. The fourth-order valence-corrected chi connectivity index (χ4v) is 4.33. The lowest BCUT2D eigenvalue weighted by molar-refractivity contribution is -0.152. The van der Waals surface area contributed by atoms with Gasteiger partial charge in [-0.25, -0.2) is 0 Å². The molecule has 2 aliphatic rings. The molecule has 2 heteroatoms. The summed E-state index contributed by atoms with van der Waals surface area (Å²) in [5.74, 6) is 0.488. The molecule has 0 aromatic heterocycles. The number of hydrogen-bond donors (Lipinski definition) is 1. The molecule has 1 N–H and O–H groups in total. The van der Waals surface area contributed by atoms with Gasteiger partial charge < -0.3 is 5.11 Å². The zero-order chi connectivity index (χ0) is 13.6. The number of benzene rings is 1. The highest BCUT2D eigenvalue weighted by atomic mass is 16.4. The van der Waals surface area contributed by atoms with Crippen molar-refractivity contribution in [2.24, 2.45) is 17.3 Å². The second kappa shape index (κ2) is 4.36. The number of carbonyl (C=O) groups is 1. The molecule has 2 nitrogen and oxygen atoms in total. The van der Waals surface area contributed by atoms with Crippen LogP contribution in [0.15, 0.2) is 18.2 Å². The smallest absolute Gasteiger partial charge is 0.310 e. The number of hydrogen-bond acceptors (Lipinski definition) is 1. The minimum absolute atomic E-state index is 0.398. The van der Waals surface area contributed by atoms with E-state index in [0.717, 1.165) is 25.7 Å². The zero-order valence-electron chi connectivity index (χ0n) is 11.8. The highest BCUT2D eigenvalue weighted by molar-refractivity contribution is 5.76. The number of aliphatic carboxylic acids is 1. The Morgan fingerprint density at radius 3 is 2.74 bits per heavy atom. The van der Waals surface area contributed by atoms with E-state index in [0.29, 0.717) is 11.8 Å². The summed E-state index contributed by atoms with van der Waals surface area (Å²) in [7, 11) is 0. The lowest BCUT2D eigenvalue weighted by Crippen LogP contribution is -2.38. The lowest BCUT2D eigenvalue weighted by atomic mass is 9.69. The molecule has 3 rings (SSSR count). The van der Waals surface area contributed by atoms with Crippen molar-refractivity contribution in [3.63, 3.8) is 0 Å². The second-order valence-corrected chi connectivity index (χ2v) is 6.65. The van der Waals surface area contributed by atoms with E-state index in [4.69, 9.17) is 0 Å². The third kappa shape index (κ3) is 1.98. The van der Waals surface area contributed by atoms with Gasteiger partial charge >= 0.3 is 5.97 Å². The van der Waals surface area contributed by atoms with Crippen molar-refractivity contribution in [1.29, 1.82) is 0 Å². The molecule has 1 aromatic rings. The Labute approximate surface area is 114 Å². The summed E-state index contributed by atoms with van der Waals surface area (Å²) < 4.78 is 0. The van der Waals surface area contributed by atoms with E-state index in [1.54, 1.807) is 0 Å². The fraction of sp³-hybridized carbons (Fsp3) is 0.588. The summed E-state index contributed by atoms with van der Waals surface area (Å²) in [5.41, 5.74) is 3.20. The molecule has 0 saturated heterocycles. The quantitative estimate of drug-likeness (QED) is 0.896. The fourth-order valence-electron chi connectivity index (χ4n) is 4.33. The van der Waals surface area contributed by atoms with E-state index in [9.17, 15) is 9.90 Å². The summed E-state index contributed by atoms with van der Waals surface area (Å²) in [6.45, 7) is 4.18. The summed E-state index contributed by atoms with van der Waals surface area (Å²) in [5, 5.41) is 9.81. The monoisotopic (exact) mass is 258 g/mol. The Kier molecular flexibility index (Phi) is 2.92. The maximum atomic E-state index is 11.9. The molecule has 0 heterocycles. The third-order valence-corrected chi connectivity index (χ3v) is 5.41. The van der Waals surface area contributed by atoms with E-state index in [1.807, 2.05) is 0 Å². The van der Waals surface area contributed by atoms with Crippen molar-refractivity contribution in [3.8, 4) is 0 Å². The van der Waals surface area contributed by atoms with Crippen molar-refractivity contribution in [3.05, 3.63) is 34.9 Å². The van der Waals surface area contributed by atoms with Crippen LogP contribution in [0.5, 0.6) is 0 Å². The molecule has 0 radical (unpaired) electrons. The van der Waals surface area contributed by atoms with E-state index >= 15 is 0 Å². The van der Waals surface area contributed by atoms with Gasteiger partial charge in [0.15, 0.2) is 0 Å². The van der Waals surface area contributed by atoms with Crippen LogP contribution in [0.1, 0.15) is 42.4 Å². The highest BCUT2D eigenvalue weighted by Crippen LogP contribution is 2.57. The number of carboxylic acid groups (broad SMARTS) is 1. The zero-order valence-corrected chi connectivity index (χ0v) is 11.8. The molecule has 19 heavy (non-hydrogen) atoms. The van der Waals surface area contributed by atoms with Crippen LogP contribution in [0.25, 0.3) is 0 Å². The highest BCUT2D eigenvalue weighted by Gasteiger charge is 2.55. The van der Waals surface area contributed by atoms with E-state index in [1.165, 1.54) is 23.1 Å². The van der Waals surface area contributed by atoms with Crippen molar-refractivity contribution in [1.82, 2.24) is 0 Å². The number of rotatable bonds is 3. The first-order valence-corrected chi connectivity index (χ1v) is 7.31. The molecule has 2 aliphatic carbocycles. The first kappa shape index (κ1) is 12.7. The van der Waals surface area contributed by atoms with Gasteiger partial charge in [0.05, 0.1) is 5.41 Å². The van der Waals surface area contributed by atoms with Crippen LogP contribution in [0.3, 0.4) is 0 Å². The maximum absolute atomic E-state index is 11.9. The Morgan fingerprint density at radius 1 is 1.37 bits per heavy atom. The number of fused-ring (bicyclic) bond motifs is 2. The maximum Gasteiger partial charge on any atom is 0.310 e. The average molecular weight is 258 g/mol. The molecular weight excluding hydrogens is 236 g/mol. The van der Waals surface area contributed by atoms with E-state index < -0.39 is 11.4 Å². The van der Waals surface area contributed by atoms with Gasteiger partial charge in [0.1, 0.15) is 0 Å². The lowest BCUT2D eigenvalue weighted by Gasteiger charge is -2.34. The first-order chi connectivity index (χ1) is 9.01. The molecule has 2 saturated carbocycles. The Morgan fingerprint density at radius 2 is 2.16 bits per heavy atom. The van der Waals surface area contributed by atoms with Gasteiger partial charge in [0, 0.05) is 0 Å². The number of carboxylic acids is 1. The van der Waals surface area contributed by atoms with Gasteiger partial charge in [-0.2, -0.15) is 0 Å². The average Bonchev–Trinajstić information content (AvgIpc) is 2.94. The third-order valence-electron chi connectivity index (χ3n) is 5.41. The van der Waals surface area contributed by atoms with Crippen LogP contribution in [0, 0.1) is 31.1 Å². The Hall–Kier alpha value is -1.31. The molecular formula is C17H22O2. The molecule has 102 valence electrons. The minimum Gasteiger partial charge on any atom is -0.481 e. The molecule has 0 aliphatic heterocycles. The van der Waals surface area contributed by atoms with Gasteiger partial charge in [-0.3, -0.25) is 4.79 Å². The van der Waals surface area contributed by atoms with Gasteiger partial charge in [-0.1, -0.05) is 30.2 Å². The molecule has 3 unspecified atom stereocenters. The summed E-state index contributed by atoms with van der Waals surface area (Å²) in [6.07, 6.45) is 5.10. The van der Waals surface area contributed by atoms with Crippen LogP contribution < -0.4 is 0 Å². The van der Waals surface area contributed by atoms with Crippen LogP contribution in [-0.2, 0) is 11.2 Å². The van der Waals surface area contributed by atoms with E-state index in [-0.39, 0.29) is 0 Å². The molecule has 0 spiro atoms. The first-order valence-electron chi connectivity index (χ1n) is 7.31. The normalized spacial score (nSPS) is 32.7. The van der Waals surface area contributed by atoms with Crippen LogP contribution in [0.2, 0.25) is 0 Å². The van der Waals surface area contributed by atoms with Crippen molar-refractivity contribution in [2.45, 2.75) is 46.0 Å². The standard InChI is InChI=1S/C17H22O2/c1-11-3-4-12(2)14(7-11)10-17(16(18)19)9-13-5-6-15(17)8-13/h3-4,7,13,15H,5-6,8-10H2,1-2H3,(H,18,19). The van der Waals surface area contributed by atoms with Gasteiger partial charge in [0.2, 0.25) is 0 Å². The molecule has 1 aromatic carbocycles. The Bertz CT molecular complexity index is 520. The van der Waals surface area contributed by atoms with Crippen molar-refractivity contribution < 1.29 is 9.90 Å². The molecule has 3 atom stereocenters. The summed E-state index contributed by atoms with van der Waals surface area (Å²) in [6, 6.07) is 6.40. The van der Waals surface area contributed by atoms with Crippen LogP contribution in [0.4, 0.5) is 0 Å². The second-order valence-electron chi connectivity index (χ2n) is 6.65. The predicted octanol–water partition coefficient (Wildman–Crippen LogP) is 3.74. The minimum atomic E-state index is -0.569. The molecule has 2 bridgehead atoms. The van der Waals surface area contributed by atoms with Crippen molar-refractivity contribution in [2.75, 3.05) is 0 Å². The largest absolute Gasteiger partial charge is 0.481 e. The van der Waals surface area contributed by atoms with Crippen LogP contribution >= 0.6 is 0 Å².